The van der Waals surface area contributed by atoms with Gasteiger partial charge >= 0.3 is 0 Å². The zero-order valence-corrected chi connectivity index (χ0v) is 10.2. The van der Waals surface area contributed by atoms with E-state index >= 15 is 0 Å². The molecule has 0 aliphatic carbocycles. The highest BCUT2D eigenvalue weighted by Crippen LogP contribution is 2.23. The average Bonchev–Trinajstić information content (AvgIpc) is 2.76. The van der Waals surface area contributed by atoms with Crippen LogP contribution in [0.2, 0.25) is 0 Å². The van der Waals surface area contributed by atoms with Crippen molar-refractivity contribution in [3.63, 3.8) is 0 Å². The van der Waals surface area contributed by atoms with Gasteiger partial charge in [-0.2, -0.15) is 5.10 Å². The summed E-state index contributed by atoms with van der Waals surface area (Å²) in [6.07, 6.45) is 0.677. The fourth-order valence-electron chi connectivity index (χ4n) is 2.47. The maximum Gasteiger partial charge on any atom is 0.0797 e. The molecular formula is C12H20N2O2. The smallest absolute Gasteiger partial charge is 0.0797 e. The van der Waals surface area contributed by atoms with Crippen LogP contribution in [-0.2, 0) is 11.3 Å². The number of ether oxygens (including phenoxy) is 1. The number of hydrogen-bond acceptors (Lipinski definition) is 3. The summed E-state index contributed by atoms with van der Waals surface area (Å²) in [6, 6.07) is 0. The molecule has 1 saturated heterocycles. The first kappa shape index (κ1) is 11.6. The lowest BCUT2D eigenvalue weighted by Gasteiger charge is -2.10. The molecule has 1 fully saturated rings. The first-order chi connectivity index (χ1) is 7.59. The number of rotatable bonds is 3. The molecule has 0 radical (unpaired) electrons. The Morgan fingerprint density at radius 1 is 1.56 bits per heavy atom. The summed E-state index contributed by atoms with van der Waals surface area (Å²) in [5, 5.41) is 14.2. The van der Waals surface area contributed by atoms with Crippen LogP contribution in [0, 0.1) is 19.8 Å². The zero-order chi connectivity index (χ0) is 11.7. The van der Waals surface area contributed by atoms with Crippen LogP contribution in [0.3, 0.4) is 0 Å². The Labute approximate surface area is 96.2 Å². The molecule has 16 heavy (non-hydrogen) atoms. The van der Waals surface area contributed by atoms with Gasteiger partial charge < -0.3 is 9.84 Å². The molecule has 2 heterocycles. The van der Waals surface area contributed by atoms with Crippen molar-refractivity contribution in [2.75, 3.05) is 13.2 Å². The van der Waals surface area contributed by atoms with Crippen molar-refractivity contribution in [2.45, 2.75) is 39.8 Å². The molecule has 1 aliphatic heterocycles. The highest BCUT2D eigenvalue weighted by molar-refractivity contribution is 5.26. The molecule has 0 saturated carbocycles. The van der Waals surface area contributed by atoms with Crippen LogP contribution in [0.4, 0.5) is 0 Å². The van der Waals surface area contributed by atoms with Gasteiger partial charge in [0.1, 0.15) is 0 Å². The summed E-state index contributed by atoms with van der Waals surface area (Å²) in [5.74, 6) is 0.569. The number of aliphatic hydroxyl groups excluding tert-OH is 1. The lowest BCUT2D eigenvalue weighted by atomic mass is 10.1. The van der Waals surface area contributed by atoms with Gasteiger partial charge in [-0.05, 0) is 27.2 Å². The monoisotopic (exact) mass is 224 g/mol. The van der Waals surface area contributed by atoms with Gasteiger partial charge in [-0.15, -0.1) is 0 Å². The molecule has 1 aromatic heterocycles. The molecule has 4 nitrogen and oxygen atoms in total. The highest BCUT2D eigenvalue weighted by atomic mass is 16.5. The van der Waals surface area contributed by atoms with Crippen LogP contribution in [0.1, 0.15) is 36.4 Å². The number of aromatic nitrogens is 2. The summed E-state index contributed by atoms with van der Waals surface area (Å²) in [7, 11) is 0. The van der Waals surface area contributed by atoms with Crippen LogP contribution in [0.25, 0.3) is 0 Å². The first-order valence-electron chi connectivity index (χ1n) is 5.89. The van der Waals surface area contributed by atoms with Crippen LogP contribution in [0.15, 0.2) is 0 Å². The van der Waals surface area contributed by atoms with E-state index in [-0.39, 0.29) is 0 Å². The van der Waals surface area contributed by atoms with Gasteiger partial charge in [0.05, 0.1) is 18.4 Å². The Morgan fingerprint density at radius 3 is 2.81 bits per heavy atom. The van der Waals surface area contributed by atoms with Crippen LogP contribution in [-0.4, -0.2) is 28.1 Å². The molecule has 90 valence electrons. The maximum atomic E-state index is 9.68. The average molecular weight is 224 g/mol. The minimum absolute atomic E-state index is 0.437. The molecule has 2 atom stereocenters. The predicted octanol–water partition coefficient (Wildman–Crippen LogP) is 1.59. The Bertz CT molecular complexity index is 365. The van der Waals surface area contributed by atoms with Crippen molar-refractivity contribution >= 4 is 0 Å². The molecule has 0 aromatic carbocycles. The summed E-state index contributed by atoms with van der Waals surface area (Å²) in [4.78, 5) is 0. The summed E-state index contributed by atoms with van der Waals surface area (Å²) in [5.41, 5.74) is 2.99. The normalized spacial score (nSPS) is 22.6. The van der Waals surface area contributed by atoms with E-state index in [1.807, 2.05) is 18.5 Å². The lowest BCUT2D eigenvalue weighted by Crippen LogP contribution is -2.13. The van der Waals surface area contributed by atoms with Crippen molar-refractivity contribution in [1.29, 1.82) is 0 Å². The third-order valence-corrected chi connectivity index (χ3v) is 3.31. The molecule has 2 rings (SSSR count). The molecule has 0 amide bonds. The minimum Gasteiger partial charge on any atom is -0.389 e. The van der Waals surface area contributed by atoms with Gasteiger partial charge in [-0.3, -0.25) is 4.68 Å². The van der Waals surface area contributed by atoms with E-state index in [1.54, 1.807) is 6.92 Å². The second-order valence-electron chi connectivity index (χ2n) is 4.67. The van der Waals surface area contributed by atoms with E-state index in [0.717, 1.165) is 43.1 Å². The van der Waals surface area contributed by atoms with E-state index in [2.05, 4.69) is 5.10 Å². The number of hydrogen-bond donors (Lipinski definition) is 1. The second-order valence-corrected chi connectivity index (χ2v) is 4.67. The Morgan fingerprint density at radius 2 is 2.31 bits per heavy atom. The third kappa shape index (κ3) is 2.13. The van der Waals surface area contributed by atoms with E-state index in [1.165, 1.54) is 0 Å². The van der Waals surface area contributed by atoms with Crippen molar-refractivity contribution in [2.24, 2.45) is 5.92 Å². The maximum absolute atomic E-state index is 9.68. The number of aryl methyl sites for hydroxylation is 1. The SMILES string of the molecule is Cc1nn(CC2CCOC2)c(C)c1C(C)O. The molecule has 2 unspecified atom stereocenters. The van der Waals surface area contributed by atoms with E-state index < -0.39 is 6.10 Å². The van der Waals surface area contributed by atoms with Crippen LogP contribution in [0.5, 0.6) is 0 Å². The van der Waals surface area contributed by atoms with Gasteiger partial charge in [0.2, 0.25) is 0 Å². The Balaban J connectivity index is 2.18. The van der Waals surface area contributed by atoms with Gasteiger partial charge in [0.25, 0.3) is 0 Å². The quantitative estimate of drug-likeness (QED) is 0.848. The zero-order valence-electron chi connectivity index (χ0n) is 10.2. The number of aliphatic hydroxyl groups is 1. The first-order valence-corrected chi connectivity index (χ1v) is 5.89. The molecule has 0 spiro atoms. The van der Waals surface area contributed by atoms with Crippen molar-refractivity contribution in [1.82, 2.24) is 9.78 Å². The summed E-state index contributed by atoms with van der Waals surface area (Å²) in [6.45, 7) is 8.38. The van der Waals surface area contributed by atoms with Crippen molar-refractivity contribution in [3.8, 4) is 0 Å². The predicted molar refractivity (Wildman–Crippen MR) is 61.3 cm³/mol. The standard InChI is InChI=1S/C12H20N2O2/c1-8-12(10(3)15)9(2)14(13-8)6-11-4-5-16-7-11/h10-11,15H,4-7H2,1-3H3. The van der Waals surface area contributed by atoms with E-state index in [0.29, 0.717) is 5.92 Å². The van der Waals surface area contributed by atoms with Gasteiger partial charge in [-0.25, -0.2) is 0 Å². The summed E-state index contributed by atoms with van der Waals surface area (Å²) < 4.78 is 7.37. The van der Waals surface area contributed by atoms with Crippen LogP contribution >= 0.6 is 0 Å². The van der Waals surface area contributed by atoms with Gasteiger partial charge in [0, 0.05) is 30.3 Å². The second kappa shape index (κ2) is 4.55. The molecule has 1 N–H and O–H groups in total. The lowest BCUT2D eigenvalue weighted by molar-refractivity contribution is 0.181. The van der Waals surface area contributed by atoms with Gasteiger partial charge in [-0.1, -0.05) is 0 Å². The highest BCUT2D eigenvalue weighted by Gasteiger charge is 2.20. The summed E-state index contributed by atoms with van der Waals surface area (Å²) >= 11 is 0. The van der Waals surface area contributed by atoms with Crippen molar-refractivity contribution in [3.05, 3.63) is 17.0 Å². The van der Waals surface area contributed by atoms with Crippen LogP contribution < -0.4 is 0 Å². The largest absolute Gasteiger partial charge is 0.389 e. The molecule has 4 heteroatoms. The van der Waals surface area contributed by atoms with E-state index in [4.69, 9.17) is 4.74 Å². The molecule has 0 bridgehead atoms. The minimum atomic E-state index is -0.437. The molecule has 1 aromatic rings. The van der Waals surface area contributed by atoms with Gasteiger partial charge in [0.15, 0.2) is 0 Å². The Hall–Kier alpha value is -0.870. The van der Waals surface area contributed by atoms with E-state index in [9.17, 15) is 5.11 Å². The van der Waals surface area contributed by atoms with Crippen molar-refractivity contribution < 1.29 is 9.84 Å². The topological polar surface area (TPSA) is 47.3 Å². The fraction of sp³-hybridized carbons (Fsp3) is 0.750. The molecular weight excluding hydrogens is 204 g/mol. The fourth-order valence-corrected chi connectivity index (χ4v) is 2.47. The Kier molecular flexibility index (Phi) is 3.30. The number of nitrogens with zero attached hydrogens (tertiary/aromatic N) is 2. The molecule has 1 aliphatic rings. The third-order valence-electron chi connectivity index (χ3n) is 3.31.